The van der Waals surface area contributed by atoms with Gasteiger partial charge in [0.1, 0.15) is 0 Å². The molecule has 1 aliphatic heterocycles. The fourth-order valence-corrected chi connectivity index (χ4v) is 4.78. The Labute approximate surface area is 153 Å². The summed E-state index contributed by atoms with van der Waals surface area (Å²) in [5.41, 5.74) is 1.37. The number of rotatable bonds is 5. The highest BCUT2D eigenvalue weighted by Gasteiger charge is 2.33. The van der Waals surface area contributed by atoms with Crippen molar-refractivity contribution in [1.82, 2.24) is 15.1 Å². The first kappa shape index (κ1) is 18.3. The van der Waals surface area contributed by atoms with Crippen molar-refractivity contribution in [3.63, 3.8) is 0 Å². The molecule has 0 radical (unpaired) electrons. The molecular weight excluding hydrogens is 352 g/mol. The molecule has 0 spiro atoms. The van der Waals surface area contributed by atoms with Gasteiger partial charge in [0.05, 0.1) is 11.5 Å². The molecule has 0 bridgehead atoms. The van der Waals surface area contributed by atoms with Crippen molar-refractivity contribution in [3.8, 4) is 0 Å². The highest BCUT2D eigenvalue weighted by atomic mass is 32.2. The highest BCUT2D eigenvalue weighted by Crippen LogP contribution is 2.18. The predicted molar refractivity (Wildman–Crippen MR) is 99.7 cm³/mol. The maximum absolute atomic E-state index is 12.5. The maximum atomic E-state index is 12.5. The second-order valence-electron chi connectivity index (χ2n) is 6.59. The summed E-state index contributed by atoms with van der Waals surface area (Å²) in [4.78, 5) is 15.9. The van der Waals surface area contributed by atoms with Crippen LogP contribution in [-0.4, -0.2) is 61.1 Å². The number of carbonyl (C=O) groups excluding carboxylic acids is 1. The van der Waals surface area contributed by atoms with Crippen LogP contribution in [0.5, 0.6) is 0 Å². The molecule has 1 amide bonds. The van der Waals surface area contributed by atoms with Crippen molar-refractivity contribution in [1.29, 1.82) is 0 Å². The number of anilines is 1. The van der Waals surface area contributed by atoms with E-state index in [1.54, 1.807) is 19.2 Å². The number of aromatic nitrogens is 2. The van der Waals surface area contributed by atoms with Crippen LogP contribution in [0.2, 0.25) is 0 Å². The van der Waals surface area contributed by atoms with E-state index in [4.69, 9.17) is 0 Å². The molecule has 2 heterocycles. The van der Waals surface area contributed by atoms with Crippen LogP contribution in [0.15, 0.2) is 42.5 Å². The molecule has 1 aromatic heterocycles. The standard InChI is InChI=1S/C18H22N4O3S/c1-21(12-14-6-4-3-5-7-14)17-9-8-16(19-20-17)18(23)22(2)15-10-11-26(24,25)13-15/h3-9,15H,10-13H2,1-2H3. The van der Waals surface area contributed by atoms with Gasteiger partial charge in [-0.05, 0) is 24.1 Å². The lowest BCUT2D eigenvalue weighted by molar-refractivity contribution is 0.0740. The van der Waals surface area contributed by atoms with Gasteiger partial charge in [-0.2, -0.15) is 0 Å². The quantitative estimate of drug-likeness (QED) is 0.786. The third-order valence-electron chi connectivity index (χ3n) is 4.60. The van der Waals surface area contributed by atoms with Gasteiger partial charge in [-0.1, -0.05) is 30.3 Å². The summed E-state index contributed by atoms with van der Waals surface area (Å²) < 4.78 is 23.2. The van der Waals surface area contributed by atoms with Crippen molar-refractivity contribution in [2.24, 2.45) is 0 Å². The van der Waals surface area contributed by atoms with E-state index in [-0.39, 0.29) is 29.1 Å². The highest BCUT2D eigenvalue weighted by molar-refractivity contribution is 7.91. The second-order valence-corrected chi connectivity index (χ2v) is 8.82. The Morgan fingerprint density at radius 3 is 2.42 bits per heavy atom. The zero-order valence-corrected chi connectivity index (χ0v) is 15.7. The summed E-state index contributed by atoms with van der Waals surface area (Å²) in [6.07, 6.45) is 0.468. The number of carbonyl (C=O) groups is 1. The number of hydrogen-bond donors (Lipinski definition) is 0. The van der Waals surface area contributed by atoms with Crippen molar-refractivity contribution < 1.29 is 13.2 Å². The molecule has 1 unspecified atom stereocenters. The van der Waals surface area contributed by atoms with Gasteiger partial charge in [-0.25, -0.2) is 8.42 Å². The van der Waals surface area contributed by atoms with Crippen LogP contribution in [0.25, 0.3) is 0 Å². The summed E-state index contributed by atoms with van der Waals surface area (Å²) in [6, 6.07) is 13.1. The maximum Gasteiger partial charge on any atom is 0.274 e. The van der Waals surface area contributed by atoms with Crippen LogP contribution in [0, 0.1) is 0 Å². The fourth-order valence-electron chi connectivity index (χ4n) is 3.01. The summed E-state index contributed by atoms with van der Waals surface area (Å²) in [7, 11) is 0.486. The van der Waals surface area contributed by atoms with Crippen molar-refractivity contribution in [3.05, 3.63) is 53.7 Å². The topological polar surface area (TPSA) is 83.5 Å². The van der Waals surface area contributed by atoms with Gasteiger partial charge < -0.3 is 9.80 Å². The van der Waals surface area contributed by atoms with Crippen LogP contribution in [0.3, 0.4) is 0 Å². The van der Waals surface area contributed by atoms with Gasteiger partial charge in [-0.3, -0.25) is 4.79 Å². The lowest BCUT2D eigenvalue weighted by atomic mass is 10.2. The molecule has 3 rings (SSSR count). The molecule has 1 fully saturated rings. The van der Waals surface area contributed by atoms with Crippen molar-refractivity contribution in [2.45, 2.75) is 19.0 Å². The van der Waals surface area contributed by atoms with Gasteiger partial charge in [0, 0.05) is 26.7 Å². The minimum absolute atomic E-state index is 0.0144. The molecule has 138 valence electrons. The average Bonchev–Trinajstić information content (AvgIpc) is 3.01. The Bertz CT molecular complexity index is 869. The summed E-state index contributed by atoms with van der Waals surface area (Å²) in [6.45, 7) is 0.683. The van der Waals surface area contributed by atoms with Crippen LogP contribution in [-0.2, 0) is 16.4 Å². The molecule has 1 aromatic carbocycles. The Kier molecular flexibility index (Phi) is 5.22. The van der Waals surface area contributed by atoms with Gasteiger partial charge in [0.15, 0.2) is 21.3 Å². The molecule has 0 N–H and O–H groups in total. The summed E-state index contributed by atoms with van der Waals surface area (Å²) in [5.74, 6) is 0.499. The molecule has 1 aliphatic rings. The Hall–Kier alpha value is -2.48. The Morgan fingerprint density at radius 2 is 1.85 bits per heavy atom. The van der Waals surface area contributed by atoms with Crippen LogP contribution < -0.4 is 4.90 Å². The van der Waals surface area contributed by atoms with E-state index < -0.39 is 9.84 Å². The van der Waals surface area contributed by atoms with Gasteiger partial charge in [0.25, 0.3) is 5.91 Å². The molecule has 0 aliphatic carbocycles. The number of hydrogen-bond acceptors (Lipinski definition) is 6. The third kappa shape index (κ3) is 4.19. The molecule has 8 heteroatoms. The zero-order chi connectivity index (χ0) is 18.7. The summed E-state index contributed by atoms with van der Waals surface area (Å²) >= 11 is 0. The van der Waals surface area contributed by atoms with E-state index in [0.717, 1.165) is 5.56 Å². The van der Waals surface area contributed by atoms with Crippen LogP contribution in [0.1, 0.15) is 22.5 Å². The molecule has 26 heavy (non-hydrogen) atoms. The van der Waals surface area contributed by atoms with Gasteiger partial charge >= 0.3 is 0 Å². The van der Waals surface area contributed by atoms with E-state index in [0.29, 0.717) is 18.8 Å². The lowest BCUT2D eigenvalue weighted by Crippen LogP contribution is -2.38. The largest absolute Gasteiger partial charge is 0.354 e. The Morgan fingerprint density at radius 1 is 1.12 bits per heavy atom. The second kappa shape index (κ2) is 7.41. The van der Waals surface area contributed by atoms with Crippen LogP contribution >= 0.6 is 0 Å². The zero-order valence-electron chi connectivity index (χ0n) is 14.9. The normalized spacial score (nSPS) is 18.5. The third-order valence-corrected chi connectivity index (χ3v) is 6.35. The molecule has 2 aromatic rings. The number of amides is 1. The van der Waals surface area contributed by atoms with E-state index >= 15 is 0 Å². The molecule has 1 atom stereocenters. The number of benzene rings is 1. The van der Waals surface area contributed by atoms with E-state index in [2.05, 4.69) is 10.2 Å². The van der Waals surface area contributed by atoms with Crippen LogP contribution in [0.4, 0.5) is 5.82 Å². The van der Waals surface area contributed by atoms with E-state index in [9.17, 15) is 13.2 Å². The lowest BCUT2D eigenvalue weighted by Gasteiger charge is -2.23. The molecule has 0 saturated carbocycles. The van der Waals surface area contributed by atoms with Crippen molar-refractivity contribution >= 4 is 21.6 Å². The minimum Gasteiger partial charge on any atom is -0.354 e. The minimum atomic E-state index is -3.04. The smallest absolute Gasteiger partial charge is 0.274 e. The first-order valence-electron chi connectivity index (χ1n) is 8.42. The van der Waals surface area contributed by atoms with Gasteiger partial charge in [-0.15, -0.1) is 10.2 Å². The molecule has 7 nitrogen and oxygen atoms in total. The van der Waals surface area contributed by atoms with Crippen molar-refractivity contribution in [2.75, 3.05) is 30.5 Å². The average molecular weight is 374 g/mol. The number of sulfone groups is 1. The number of nitrogens with zero attached hydrogens (tertiary/aromatic N) is 4. The fraction of sp³-hybridized carbons (Fsp3) is 0.389. The monoisotopic (exact) mass is 374 g/mol. The predicted octanol–water partition coefficient (Wildman–Crippen LogP) is 1.37. The first-order chi connectivity index (χ1) is 12.4. The summed E-state index contributed by atoms with van der Waals surface area (Å²) in [5, 5.41) is 8.18. The van der Waals surface area contributed by atoms with Gasteiger partial charge in [0.2, 0.25) is 0 Å². The van der Waals surface area contributed by atoms with E-state index in [1.807, 2.05) is 42.3 Å². The Balaban J connectivity index is 1.66. The first-order valence-corrected chi connectivity index (χ1v) is 10.2. The van der Waals surface area contributed by atoms with E-state index in [1.165, 1.54) is 4.90 Å². The molecule has 1 saturated heterocycles. The SMILES string of the molecule is CN(Cc1ccccc1)c1ccc(C(=O)N(C)C2CCS(=O)(=O)C2)nn1. The molecular formula is C18H22N4O3S.